The molecular weight excluding hydrogens is 420 g/mol. The second kappa shape index (κ2) is 10.4. The van der Waals surface area contributed by atoms with Crippen LogP contribution >= 0.6 is 0 Å². The predicted molar refractivity (Wildman–Crippen MR) is 124 cm³/mol. The minimum absolute atomic E-state index is 0.00906. The zero-order valence-corrected chi connectivity index (χ0v) is 19.7. The first-order valence-corrected chi connectivity index (χ1v) is 11.8. The van der Waals surface area contributed by atoms with E-state index in [9.17, 15) is 9.59 Å². The third-order valence-corrected chi connectivity index (χ3v) is 6.92. The summed E-state index contributed by atoms with van der Waals surface area (Å²) in [5.41, 5.74) is 1.24. The topological polar surface area (TPSA) is 76.9 Å². The number of aryl methyl sites for hydroxylation is 1. The number of nitrogens with zero attached hydrogens (tertiary/aromatic N) is 4. The number of piperidine rings is 1. The number of fused-ring (bicyclic) bond motifs is 9. The Kier molecular flexibility index (Phi) is 7.33. The van der Waals surface area contributed by atoms with Crippen molar-refractivity contribution in [1.29, 1.82) is 0 Å². The smallest absolute Gasteiger partial charge is 0.257 e. The molecule has 1 fully saturated rings. The molecule has 4 heterocycles. The molecule has 0 atom stereocenters. The van der Waals surface area contributed by atoms with Gasteiger partial charge in [0.2, 0.25) is 0 Å². The van der Waals surface area contributed by atoms with Gasteiger partial charge in [-0.15, -0.1) is 0 Å². The van der Waals surface area contributed by atoms with E-state index in [2.05, 4.69) is 5.10 Å². The van der Waals surface area contributed by atoms with Gasteiger partial charge in [0, 0.05) is 40.0 Å². The van der Waals surface area contributed by atoms with Crippen LogP contribution in [0, 0.1) is 5.41 Å². The molecule has 1 saturated heterocycles. The highest BCUT2D eigenvalue weighted by atomic mass is 16.5. The normalized spacial score (nSPS) is 19.4. The first-order chi connectivity index (χ1) is 16.0. The molecular formula is C25H34N4O4. The summed E-state index contributed by atoms with van der Waals surface area (Å²) in [6, 6.07) is 7.40. The number of hydrogen-bond donors (Lipinski definition) is 0. The van der Waals surface area contributed by atoms with E-state index < -0.39 is 0 Å². The van der Waals surface area contributed by atoms with Gasteiger partial charge in [-0.2, -0.15) is 5.10 Å². The Bertz CT molecular complexity index is 965. The Morgan fingerprint density at radius 3 is 2.64 bits per heavy atom. The molecule has 178 valence electrons. The van der Waals surface area contributed by atoms with Crippen molar-refractivity contribution in [1.82, 2.24) is 19.6 Å². The van der Waals surface area contributed by atoms with Crippen LogP contribution in [0.3, 0.4) is 0 Å². The molecule has 8 nitrogen and oxygen atoms in total. The van der Waals surface area contributed by atoms with E-state index in [1.54, 1.807) is 31.2 Å². The number of para-hydroxylation sites is 1. The van der Waals surface area contributed by atoms with E-state index in [1.807, 2.05) is 34.1 Å². The van der Waals surface area contributed by atoms with Crippen LogP contribution in [0.2, 0.25) is 0 Å². The van der Waals surface area contributed by atoms with E-state index in [0.29, 0.717) is 43.2 Å². The number of methoxy groups -OCH3 is 1. The predicted octanol–water partition coefficient (Wildman–Crippen LogP) is 2.99. The maximum atomic E-state index is 13.3. The van der Waals surface area contributed by atoms with Gasteiger partial charge >= 0.3 is 0 Å². The largest absolute Gasteiger partial charge is 0.491 e. The molecule has 8 heteroatoms. The van der Waals surface area contributed by atoms with Gasteiger partial charge in [-0.3, -0.25) is 14.3 Å². The fraction of sp³-hybridized carbons (Fsp3) is 0.560. The van der Waals surface area contributed by atoms with E-state index in [0.717, 1.165) is 45.2 Å². The van der Waals surface area contributed by atoms with Gasteiger partial charge in [-0.25, -0.2) is 0 Å². The van der Waals surface area contributed by atoms with Crippen molar-refractivity contribution in [3.8, 4) is 5.75 Å². The van der Waals surface area contributed by atoms with Gasteiger partial charge in [0.1, 0.15) is 12.4 Å². The minimum atomic E-state index is -0.0426. The Hall–Kier alpha value is -2.87. The lowest BCUT2D eigenvalue weighted by Gasteiger charge is -2.41. The quantitative estimate of drug-likeness (QED) is 0.713. The summed E-state index contributed by atoms with van der Waals surface area (Å²) in [6.07, 6.45) is 8.15. The number of aromatic nitrogens is 2. The fourth-order valence-corrected chi connectivity index (χ4v) is 4.99. The fourth-order valence-electron chi connectivity index (χ4n) is 4.99. The highest BCUT2D eigenvalue weighted by molar-refractivity contribution is 5.97. The molecule has 1 aromatic heterocycles. The molecule has 0 radical (unpaired) electrons. The molecule has 0 N–H and O–H groups in total. The highest BCUT2D eigenvalue weighted by Crippen LogP contribution is 2.38. The Labute approximate surface area is 195 Å². The van der Waals surface area contributed by atoms with E-state index in [4.69, 9.17) is 9.47 Å². The molecule has 33 heavy (non-hydrogen) atoms. The summed E-state index contributed by atoms with van der Waals surface area (Å²) in [6.45, 7) is 3.58. The maximum Gasteiger partial charge on any atom is 0.257 e. The average molecular weight is 455 g/mol. The number of amides is 2. The van der Waals surface area contributed by atoms with Crippen LogP contribution in [0.1, 0.15) is 52.8 Å². The number of ether oxygens (including phenoxy) is 2. The first-order valence-electron chi connectivity index (χ1n) is 11.8. The van der Waals surface area contributed by atoms with Crippen molar-refractivity contribution in [2.24, 2.45) is 12.5 Å². The van der Waals surface area contributed by atoms with E-state index >= 15 is 0 Å². The molecule has 3 aliphatic heterocycles. The minimum Gasteiger partial charge on any atom is -0.491 e. The van der Waals surface area contributed by atoms with Crippen molar-refractivity contribution in [2.45, 2.75) is 32.1 Å². The van der Waals surface area contributed by atoms with Crippen molar-refractivity contribution in [3.05, 3.63) is 47.8 Å². The molecule has 5 rings (SSSR count). The number of carbonyl (C=O) groups excluding carboxylic acids is 2. The third kappa shape index (κ3) is 5.38. The van der Waals surface area contributed by atoms with Crippen molar-refractivity contribution in [2.75, 3.05) is 46.5 Å². The average Bonchev–Trinajstić information content (AvgIpc) is 3.26. The second-order valence-electron chi connectivity index (χ2n) is 9.22. The van der Waals surface area contributed by atoms with Crippen molar-refractivity contribution < 1.29 is 19.1 Å². The zero-order valence-electron chi connectivity index (χ0n) is 19.7. The van der Waals surface area contributed by atoms with Crippen LogP contribution in [0.15, 0.2) is 36.7 Å². The Morgan fingerprint density at radius 2 is 1.91 bits per heavy atom. The molecule has 2 amide bonds. The molecule has 0 spiro atoms. The lowest BCUT2D eigenvalue weighted by atomic mass is 9.75. The monoisotopic (exact) mass is 454 g/mol. The molecule has 2 aromatic rings. The standard InChI is InChI=1S/C25H34N4O4/c1-27-18-20(17-26-27)23(30)28-12-6-5-9-25(19-32-2)10-13-29(14-11-25)24(31)21-7-3-4-8-22(21)33-16-15-28/h3-4,7-8,17-18H,5-6,9-16,19H2,1-2H3. The molecule has 3 aliphatic rings. The summed E-state index contributed by atoms with van der Waals surface area (Å²) in [5, 5.41) is 4.14. The summed E-state index contributed by atoms with van der Waals surface area (Å²) in [4.78, 5) is 30.2. The van der Waals surface area contributed by atoms with E-state index in [1.165, 1.54) is 0 Å². The van der Waals surface area contributed by atoms with Crippen LogP contribution in [0.25, 0.3) is 0 Å². The van der Waals surface area contributed by atoms with Crippen molar-refractivity contribution in [3.63, 3.8) is 0 Å². The molecule has 2 bridgehead atoms. The van der Waals surface area contributed by atoms with Gasteiger partial charge in [0.25, 0.3) is 11.8 Å². The third-order valence-electron chi connectivity index (χ3n) is 6.92. The highest BCUT2D eigenvalue weighted by Gasteiger charge is 2.36. The van der Waals surface area contributed by atoms with Gasteiger partial charge in [-0.05, 0) is 43.2 Å². The van der Waals surface area contributed by atoms with Crippen molar-refractivity contribution >= 4 is 11.8 Å². The van der Waals surface area contributed by atoms with Crippen LogP contribution < -0.4 is 4.74 Å². The summed E-state index contributed by atoms with van der Waals surface area (Å²) >= 11 is 0. The molecule has 0 aliphatic carbocycles. The van der Waals surface area contributed by atoms with Crippen LogP contribution in [0.5, 0.6) is 5.75 Å². The lowest BCUT2D eigenvalue weighted by molar-refractivity contribution is 0.0136. The number of rotatable bonds is 3. The maximum absolute atomic E-state index is 13.3. The van der Waals surface area contributed by atoms with Gasteiger partial charge in [0.15, 0.2) is 0 Å². The SMILES string of the molecule is COCC12CCCCN(C(=O)c3cnn(C)c3)CCOc3ccccc3C(=O)N(CC1)CC2. The van der Waals surface area contributed by atoms with Gasteiger partial charge in [0.05, 0.1) is 30.5 Å². The number of benzene rings is 1. The molecule has 1 aromatic carbocycles. The zero-order chi connectivity index (χ0) is 23.3. The van der Waals surface area contributed by atoms with Crippen LogP contribution in [-0.4, -0.2) is 77.9 Å². The van der Waals surface area contributed by atoms with Gasteiger partial charge in [-0.1, -0.05) is 18.6 Å². The Balaban J connectivity index is 1.57. The van der Waals surface area contributed by atoms with Crippen LogP contribution in [-0.2, 0) is 11.8 Å². The van der Waals surface area contributed by atoms with Gasteiger partial charge < -0.3 is 19.3 Å². The first kappa shape index (κ1) is 23.3. The summed E-state index contributed by atoms with van der Waals surface area (Å²) < 4.78 is 13.3. The second-order valence-corrected chi connectivity index (χ2v) is 9.22. The van der Waals surface area contributed by atoms with E-state index in [-0.39, 0.29) is 17.2 Å². The lowest BCUT2D eigenvalue weighted by Crippen LogP contribution is -2.45. The summed E-state index contributed by atoms with van der Waals surface area (Å²) in [7, 11) is 3.56. The van der Waals surface area contributed by atoms with Crippen LogP contribution in [0.4, 0.5) is 0 Å². The number of hydrogen-bond acceptors (Lipinski definition) is 5. The number of carbonyl (C=O) groups is 2. The summed E-state index contributed by atoms with van der Waals surface area (Å²) in [5.74, 6) is 0.536. The Morgan fingerprint density at radius 1 is 1.12 bits per heavy atom. The molecule has 0 unspecified atom stereocenters. The molecule has 0 saturated carbocycles.